The van der Waals surface area contributed by atoms with E-state index in [0.717, 1.165) is 0 Å². The molecule has 204 valence electrons. The number of para-hydroxylation sites is 1. The number of terminal acetylenes is 1. The Morgan fingerprint density at radius 2 is 2.11 bits per heavy atom. The summed E-state index contributed by atoms with van der Waals surface area (Å²) in [7, 11) is -4.23. The summed E-state index contributed by atoms with van der Waals surface area (Å²) < 4.78 is 42.1. The van der Waals surface area contributed by atoms with Crippen LogP contribution in [0.3, 0.4) is 0 Å². The van der Waals surface area contributed by atoms with Gasteiger partial charge in [-0.3, -0.25) is 14.1 Å². The molecule has 2 saturated heterocycles. The van der Waals surface area contributed by atoms with Crippen LogP contribution in [0, 0.1) is 12.3 Å². The molecule has 0 saturated carbocycles. The molecular formula is C25H30N3O9P. The van der Waals surface area contributed by atoms with Gasteiger partial charge in [0.25, 0.3) is 5.91 Å². The van der Waals surface area contributed by atoms with Crippen LogP contribution in [-0.4, -0.2) is 70.8 Å². The summed E-state index contributed by atoms with van der Waals surface area (Å²) >= 11 is 0. The van der Waals surface area contributed by atoms with Gasteiger partial charge in [-0.05, 0) is 32.9 Å². The molecule has 3 heterocycles. The lowest BCUT2D eigenvalue weighted by Crippen LogP contribution is -2.76. The molecule has 3 N–H and O–H groups in total. The Hall–Kier alpha value is -3.17. The molecule has 1 aromatic rings. The maximum absolute atomic E-state index is 13.8. The number of nitrogens with zero attached hydrogens (tertiary/aromatic N) is 1. The number of ether oxygens (including phenoxy) is 3. The lowest BCUT2D eigenvalue weighted by Gasteiger charge is -2.56. The van der Waals surface area contributed by atoms with Crippen molar-refractivity contribution in [1.82, 2.24) is 15.3 Å². The fourth-order valence-electron chi connectivity index (χ4n) is 4.36. The molecule has 0 radical (unpaired) electrons. The van der Waals surface area contributed by atoms with Crippen molar-refractivity contribution in [3.05, 3.63) is 55.0 Å². The van der Waals surface area contributed by atoms with E-state index in [1.165, 1.54) is 24.1 Å². The average molecular weight is 548 g/mol. The van der Waals surface area contributed by atoms with Crippen LogP contribution >= 0.6 is 7.75 Å². The van der Waals surface area contributed by atoms with Crippen LogP contribution in [0.25, 0.3) is 0 Å². The molecule has 0 aromatic heterocycles. The monoisotopic (exact) mass is 547 g/mol. The van der Waals surface area contributed by atoms with Crippen LogP contribution in [0.2, 0.25) is 0 Å². The van der Waals surface area contributed by atoms with Crippen LogP contribution in [0.4, 0.5) is 0 Å². The molecule has 1 unspecified atom stereocenters. The number of aliphatic hydroxyl groups is 1. The van der Waals surface area contributed by atoms with E-state index in [0.29, 0.717) is 0 Å². The minimum absolute atomic E-state index is 0.0571. The summed E-state index contributed by atoms with van der Waals surface area (Å²) in [6.07, 6.45) is 5.52. The molecule has 0 bridgehead atoms. The minimum Gasteiger partial charge on any atom is -0.462 e. The molecule has 38 heavy (non-hydrogen) atoms. The Kier molecular flexibility index (Phi) is 7.72. The first-order valence-electron chi connectivity index (χ1n) is 11.9. The topological polar surface area (TPSA) is 145 Å². The van der Waals surface area contributed by atoms with Crippen molar-refractivity contribution in [1.29, 1.82) is 0 Å². The number of hydrogen-bond acceptors (Lipinski definition) is 10. The summed E-state index contributed by atoms with van der Waals surface area (Å²) in [4.78, 5) is 25.6. The van der Waals surface area contributed by atoms with Crippen LogP contribution in [0.1, 0.15) is 20.8 Å². The fourth-order valence-corrected chi connectivity index (χ4v) is 5.86. The molecule has 6 atom stereocenters. The zero-order valence-corrected chi connectivity index (χ0v) is 22.1. The zero-order chi connectivity index (χ0) is 27.7. The van der Waals surface area contributed by atoms with Crippen molar-refractivity contribution in [3.8, 4) is 18.1 Å². The lowest BCUT2D eigenvalue weighted by molar-refractivity contribution is -0.313. The number of esters is 1. The van der Waals surface area contributed by atoms with Crippen molar-refractivity contribution in [3.63, 3.8) is 0 Å². The maximum Gasteiger partial charge on any atom is 0.459 e. The van der Waals surface area contributed by atoms with Gasteiger partial charge >= 0.3 is 13.7 Å². The first kappa shape index (κ1) is 27.9. The first-order valence-corrected chi connectivity index (χ1v) is 13.4. The van der Waals surface area contributed by atoms with E-state index < -0.39 is 49.9 Å². The van der Waals surface area contributed by atoms with Gasteiger partial charge in [0.1, 0.15) is 36.4 Å². The van der Waals surface area contributed by atoms with Crippen LogP contribution in [0.15, 0.2) is 55.0 Å². The van der Waals surface area contributed by atoms with Crippen molar-refractivity contribution < 1.29 is 42.5 Å². The third-order valence-corrected chi connectivity index (χ3v) is 7.81. The van der Waals surface area contributed by atoms with Crippen molar-refractivity contribution >= 4 is 19.6 Å². The zero-order valence-electron chi connectivity index (χ0n) is 21.2. The molecular weight excluding hydrogens is 517 g/mol. The molecule has 0 spiro atoms. The van der Waals surface area contributed by atoms with E-state index in [2.05, 4.69) is 22.9 Å². The highest BCUT2D eigenvalue weighted by Gasteiger charge is 2.76. The second-order valence-corrected chi connectivity index (χ2v) is 10.9. The van der Waals surface area contributed by atoms with E-state index in [9.17, 15) is 19.3 Å². The molecule has 1 amide bonds. The van der Waals surface area contributed by atoms with Crippen LogP contribution in [-0.2, 0) is 32.9 Å². The van der Waals surface area contributed by atoms with Gasteiger partial charge in [-0.1, -0.05) is 30.7 Å². The number of carbonyl (C=O) groups excluding carboxylic acids is 2. The number of fused-ring (bicyclic) bond motifs is 1. The Morgan fingerprint density at radius 1 is 1.39 bits per heavy atom. The third-order valence-electron chi connectivity index (χ3n) is 6.16. The number of amides is 1. The van der Waals surface area contributed by atoms with Gasteiger partial charge in [-0.15, -0.1) is 6.42 Å². The molecule has 4 rings (SSSR count). The first-order chi connectivity index (χ1) is 17.9. The standard InChI is InChI=1S/C25H30N3O9P/c1-6-24-22(30)20(36-25(24,15-33-24)28-13-12-21(29)26-18(28)5)14-34-38(32,37-19-10-8-7-9-11-19)27-17(4)23(31)35-16(2)3/h1,7-13,16-17,20,22,30H,5,14-15H2,2-4H3,(H,26,29)(H,27,32)/t17-,20+,22?,24-,25+,38-/m0/s1. The van der Waals surface area contributed by atoms with Crippen molar-refractivity contribution in [2.45, 2.75) is 56.5 Å². The predicted molar refractivity (Wildman–Crippen MR) is 134 cm³/mol. The SMILES string of the molecule is C#C[C@@]12OC[C@@]1(N1C=CC(=O)NC1=C)O[C@H](CO[P@@](=O)(N[C@@H](C)C(=O)OC(C)C)Oc1ccccc1)C2O. The summed E-state index contributed by atoms with van der Waals surface area (Å²) in [5.74, 6) is 1.81. The van der Waals surface area contributed by atoms with Crippen molar-refractivity contribution in [2.24, 2.45) is 0 Å². The molecule has 0 aliphatic carbocycles. The largest absolute Gasteiger partial charge is 0.462 e. The minimum atomic E-state index is -4.23. The number of hydrogen-bond donors (Lipinski definition) is 3. The summed E-state index contributed by atoms with van der Waals surface area (Å²) in [6.45, 7) is 8.13. The Bertz CT molecular complexity index is 1220. The molecule has 1 aromatic carbocycles. The fraction of sp³-hybridized carbons (Fsp3) is 0.440. The molecule has 2 fully saturated rings. The average Bonchev–Trinajstić information content (AvgIpc) is 3.00. The van der Waals surface area contributed by atoms with E-state index in [4.69, 9.17) is 29.7 Å². The van der Waals surface area contributed by atoms with Gasteiger partial charge in [0.15, 0.2) is 0 Å². The Morgan fingerprint density at radius 3 is 2.68 bits per heavy atom. The predicted octanol–water partition coefficient (Wildman–Crippen LogP) is 1.39. The number of carbonyl (C=O) groups is 2. The van der Waals surface area contributed by atoms with Gasteiger partial charge in [0.05, 0.1) is 12.7 Å². The number of aliphatic hydroxyl groups excluding tert-OH is 1. The van der Waals surface area contributed by atoms with E-state index in [-0.39, 0.29) is 30.2 Å². The number of rotatable bonds is 10. The van der Waals surface area contributed by atoms with E-state index in [1.807, 2.05) is 0 Å². The van der Waals surface area contributed by atoms with Gasteiger partial charge in [0.2, 0.25) is 11.3 Å². The van der Waals surface area contributed by atoms with E-state index >= 15 is 0 Å². The maximum atomic E-state index is 13.8. The lowest BCUT2D eigenvalue weighted by atomic mass is 9.80. The summed E-state index contributed by atoms with van der Waals surface area (Å²) in [5, 5.41) is 16.3. The molecule has 3 aliphatic heterocycles. The highest BCUT2D eigenvalue weighted by molar-refractivity contribution is 7.52. The molecule has 12 nitrogen and oxygen atoms in total. The Labute approximate surface area is 220 Å². The molecule has 3 aliphatic rings. The third kappa shape index (κ3) is 4.97. The summed E-state index contributed by atoms with van der Waals surface area (Å²) in [5.41, 5.74) is -3.05. The van der Waals surface area contributed by atoms with E-state index in [1.54, 1.807) is 44.2 Å². The van der Waals surface area contributed by atoms with Gasteiger partial charge in [-0.25, -0.2) is 4.57 Å². The van der Waals surface area contributed by atoms with Crippen LogP contribution in [0.5, 0.6) is 5.75 Å². The van der Waals surface area contributed by atoms with Gasteiger partial charge in [-0.2, -0.15) is 5.09 Å². The highest BCUT2D eigenvalue weighted by Crippen LogP contribution is 2.54. The second-order valence-electron chi connectivity index (χ2n) is 9.21. The second kappa shape index (κ2) is 10.5. The quantitative estimate of drug-likeness (QED) is 0.222. The van der Waals surface area contributed by atoms with Gasteiger partial charge < -0.3 is 34.1 Å². The van der Waals surface area contributed by atoms with Crippen LogP contribution < -0.4 is 14.9 Å². The Balaban J connectivity index is 1.55. The molecule has 13 heteroatoms. The highest BCUT2D eigenvalue weighted by atomic mass is 31.2. The normalized spacial score (nSPS) is 30.5. The smallest absolute Gasteiger partial charge is 0.459 e. The van der Waals surface area contributed by atoms with Crippen molar-refractivity contribution in [2.75, 3.05) is 13.2 Å². The number of nitrogens with one attached hydrogen (secondary N) is 2. The summed E-state index contributed by atoms with van der Waals surface area (Å²) in [6, 6.07) is 7.16. The number of benzene rings is 1. The van der Waals surface area contributed by atoms with Gasteiger partial charge in [0, 0.05) is 12.3 Å².